The van der Waals surface area contributed by atoms with E-state index in [0.717, 1.165) is 0 Å². The first-order valence-electron chi connectivity index (χ1n) is 8.97. The van der Waals surface area contributed by atoms with Crippen LogP contribution in [0, 0.1) is 0 Å². The Kier molecular flexibility index (Phi) is 5.89. The molecule has 2 aromatic carbocycles. The van der Waals surface area contributed by atoms with E-state index in [1.165, 1.54) is 34.1 Å². The van der Waals surface area contributed by atoms with Gasteiger partial charge in [-0.1, -0.05) is 37.6 Å². The maximum absolute atomic E-state index is 12.9. The van der Waals surface area contributed by atoms with Crippen LogP contribution in [0.5, 0.6) is 0 Å². The predicted octanol–water partition coefficient (Wildman–Crippen LogP) is 4.26. The number of halogens is 1. The summed E-state index contributed by atoms with van der Waals surface area (Å²) in [5.74, 6) is 0.104. The number of hydrogen-bond donors (Lipinski definition) is 1. The minimum atomic E-state index is -3.75. The molecule has 0 spiro atoms. The second-order valence-corrected chi connectivity index (χ2v) is 9.32. The van der Waals surface area contributed by atoms with E-state index >= 15 is 0 Å². The van der Waals surface area contributed by atoms with Crippen molar-refractivity contribution in [3.63, 3.8) is 0 Å². The molecule has 1 saturated heterocycles. The third-order valence-electron chi connectivity index (χ3n) is 4.77. The molecule has 2 aromatic rings. The zero-order valence-electron chi connectivity index (χ0n) is 15.4. The minimum absolute atomic E-state index is 0.146. The van der Waals surface area contributed by atoms with Crippen LogP contribution in [0.2, 0.25) is 5.02 Å². The topological polar surface area (TPSA) is 66.5 Å². The molecule has 5 nitrogen and oxygen atoms in total. The Hall–Kier alpha value is -1.89. The molecule has 144 valence electrons. The van der Waals surface area contributed by atoms with Crippen molar-refractivity contribution in [3.8, 4) is 0 Å². The standard InChI is InChI=1S/C20H23ClN2O3S/c1-14(2)15-5-9-17(10-6-15)22-20(24)19-4-3-13-23(19)27(25,26)18-11-7-16(21)8-12-18/h5-12,14,19H,3-4,13H2,1-2H3,(H,22,24)/t19-/m1/s1. The maximum Gasteiger partial charge on any atom is 0.243 e. The number of nitrogens with one attached hydrogen (secondary N) is 1. The molecule has 1 fully saturated rings. The Morgan fingerprint density at radius 2 is 1.74 bits per heavy atom. The Morgan fingerprint density at radius 3 is 2.33 bits per heavy atom. The van der Waals surface area contributed by atoms with Crippen LogP contribution >= 0.6 is 11.6 Å². The first-order chi connectivity index (χ1) is 12.8. The van der Waals surface area contributed by atoms with Crippen LogP contribution in [0.25, 0.3) is 0 Å². The summed E-state index contributed by atoms with van der Waals surface area (Å²) in [7, 11) is -3.75. The van der Waals surface area contributed by atoms with Gasteiger partial charge in [0.2, 0.25) is 15.9 Å². The van der Waals surface area contributed by atoms with Gasteiger partial charge in [0.1, 0.15) is 6.04 Å². The number of nitrogens with zero attached hydrogens (tertiary/aromatic N) is 1. The highest BCUT2D eigenvalue weighted by molar-refractivity contribution is 7.89. The molecule has 0 unspecified atom stereocenters. The van der Waals surface area contributed by atoms with Gasteiger partial charge in [-0.25, -0.2) is 8.42 Å². The minimum Gasteiger partial charge on any atom is -0.325 e. The van der Waals surface area contributed by atoms with Crippen molar-refractivity contribution in [2.75, 3.05) is 11.9 Å². The first kappa shape index (κ1) is 19.9. The third kappa shape index (κ3) is 4.34. The number of hydrogen-bond acceptors (Lipinski definition) is 3. The molecule has 0 bridgehead atoms. The van der Waals surface area contributed by atoms with Gasteiger partial charge in [-0.2, -0.15) is 4.31 Å². The van der Waals surface area contributed by atoms with Crippen LogP contribution in [0.3, 0.4) is 0 Å². The highest BCUT2D eigenvalue weighted by atomic mass is 35.5. The number of rotatable bonds is 5. The van der Waals surface area contributed by atoms with Gasteiger partial charge < -0.3 is 5.32 Å². The van der Waals surface area contributed by atoms with Crippen molar-refractivity contribution in [3.05, 3.63) is 59.1 Å². The molecular weight excluding hydrogens is 384 g/mol. The average Bonchev–Trinajstić information content (AvgIpc) is 3.13. The van der Waals surface area contributed by atoms with E-state index in [1.54, 1.807) is 0 Å². The van der Waals surface area contributed by atoms with E-state index in [9.17, 15) is 13.2 Å². The van der Waals surface area contributed by atoms with Gasteiger partial charge >= 0.3 is 0 Å². The van der Waals surface area contributed by atoms with Gasteiger partial charge in [0.25, 0.3) is 0 Å². The summed E-state index contributed by atoms with van der Waals surface area (Å²) in [6, 6.07) is 12.9. The molecule has 1 aliphatic heterocycles. The molecule has 3 rings (SSSR count). The Morgan fingerprint density at radius 1 is 1.11 bits per heavy atom. The first-order valence-corrected chi connectivity index (χ1v) is 10.8. The quantitative estimate of drug-likeness (QED) is 0.806. The fraction of sp³-hybridized carbons (Fsp3) is 0.350. The molecule has 0 aliphatic carbocycles. The van der Waals surface area contributed by atoms with Crippen molar-refractivity contribution in [2.24, 2.45) is 0 Å². The number of anilines is 1. The number of amides is 1. The van der Waals surface area contributed by atoms with Crippen LogP contribution in [0.15, 0.2) is 53.4 Å². The summed E-state index contributed by atoms with van der Waals surface area (Å²) in [4.78, 5) is 12.9. The van der Waals surface area contributed by atoms with E-state index in [0.29, 0.717) is 36.0 Å². The van der Waals surface area contributed by atoms with Crippen molar-refractivity contribution in [1.29, 1.82) is 0 Å². The molecule has 1 amide bonds. The fourth-order valence-corrected chi connectivity index (χ4v) is 4.99. The van der Waals surface area contributed by atoms with E-state index in [2.05, 4.69) is 19.2 Å². The lowest BCUT2D eigenvalue weighted by Gasteiger charge is -2.23. The van der Waals surface area contributed by atoms with Crippen LogP contribution in [0.4, 0.5) is 5.69 Å². The largest absolute Gasteiger partial charge is 0.325 e. The van der Waals surface area contributed by atoms with Crippen LogP contribution < -0.4 is 5.32 Å². The van der Waals surface area contributed by atoms with Crippen molar-refractivity contribution in [2.45, 2.75) is 43.5 Å². The van der Waals surface area contributed by atoms with Crippen LogP contribution in [0.1, 0.15) is 38.2 Å². The average molecular weight is 407 g/mol. The maximum atomic E-state index is 12.9. The molecule has 0 radical (unpaired) electrons. The van der Waals surface area contributed by atoms with Gasteiger partial charge in [-0.3, -0.25) is 4.79 Å². The van der Waals surface area contributed by atoms with E-state index < -0.39 is 16.1 Å². The molecule has 7 heteroatoms. The number of carbonyl (C=O) groups excluding carboxylic acids is 1. The van der Waals surface area contributed by atoms with E-state index in [-0.39, 0.29) is 10.8 Å². The summed E-state index contributed by atoms with van der Waals surface area (Å²) in [6.07, 6.45) is 1.15. The molecule has 1 aliphatic rings. The highest BCUT2D eigenvalue weighted by Crippen LogP contribution is 2.28. The molecule has 1 heterocycles. The van der Waals surface area contributed by atoms with Gasteiger partial charge in [0.15, 0.2) is 0 Å². The smallest absolute Gasteiger partial charge is 0.243 e. The molecule has 0 saturated carbocycles. The van der Waals surface area contributed by atoms with Gasteiger partial charge in [0, 0.05) is 17.3 Å². The third-order valence-corrected chi connectivity index (χ3v) is 6.95. The number of benzene rings is 2. The molecule has 27 heavy (non-hydrogen) atoms. The summed E-state index contributed by atoms with van der Waals surface area (Å²) in [5, 5.41) is 3.31. The monoisotopic (exact) mass is 406 g/mol. The van der Waals surface area contributed by atoms with Crippen LogP contribution in [-0.2, 0) is 14.8 Å². The fourth-order valence-electron chi connectivity index (χ4n) is 3.21. The Labute approximate surface area is 165 Å². The Balaban J connectivity index is 1.77. The molecule has 1 atom stereocenters. The van der Waals surface area contributed by atoms with Gasteiger partial charge in [-0.05, 0) is 60.7 Å². The summed E-state index contributed by atoms with van der Waals surface area (Å²) < 4.78 is 27.2. The summed E-state index contributed by atoms with van der Waals surface area (Å²) in [6.45, 7) is 4.53. The second kappa shape index (κ2) is 8.00. The highest BCUT2D eigenvalue weighted by Gasteiger charge is 2.39. The molecular formula is C20H23ClN2O3S. The van der Waals surface area contributed by atoms with Crippen LogP contribution in [-0.4, -0.2) is 31.2 Å². The van der Waals surface area contributed by atoms with Crippen molar-refractivity contribution in [1.82, 2.24) is 4.31 Å². The molecule has 1 N–H and O–H groups in total. The lowest BCUT2D eigenvalue weighted by molar-refractivity contribution is -0.119. The number of carbonyl (C=O) groups is 1. The Bertz CT molecular complexity index is 909. The lowest BCUT2D eigenvalue weighted by atomic mass is 10.0. The normalized spacial score (nSPS) is 18.0. The zero-order valence-corrected chi connectivity index (χ0v) is 16.9. The van der Waals surface area contributed by atoms with E-state index in [1.807, 2.05) is 24.3 Å². The van der Waals surface area contributed by atoms with Crippen molar-refractivity contribution < 1.29 is 13.2 Å². The summed E-state index contributed by atoms with van der Waals surface area (Å²) >= 11 is 5.85. The number of sulfonamides is 1. The summed E-state index contributed by atoms with van der Waals surface area (Å²) in [5.41, 5.74) is 1.85. The predicted molar refractivity (Wildman–Crippen MR) is 108 cm³/mol. The molecule has 0 aromatic heterocycles. The van der Waals surface area contributed by atoms with Gasteiger partial charge in [0.05, 0.1) is 4.90 Å². The lowest BCUT2D eigenvalue weighted by Crippen LogP contribution is -2.43. The second-order valence-electron chi connectivity index (χ2n) is 6.99. The zero-order chi connectivity index (χ0) is 19.6. The van der Waals surface area contributed by atoms with Gasteiger partial charge in [-0.15, -0.1) is 0 Å². The van der Waals surface area contributed by atoms with Crippen molar-refractivity contribution >= 4 is 33.2 Å². The SMILES string of the molecule is CC(C)c1ccc(NC(=O)[C@H]2CCCN2S(=O)(=O)c2ccc(Cl)cc2)cc1. The van der Waals surface area contributed by atoms with E-state index in [4.69, 9.17) is 11.6 Å².